The van der Waals surface area contributed by atoms with Gasteiger partial charge in [-0.05, 0) is 54.7 Å². The van der Waals surface area contributed by atoms with Crippen LogP contribution in [0.4, 0.5) is 5.69 Å². The Hall–Kier alpha value is -4.48. The molecule has 0 bridgehead atoms. The number of nitrogens with zero attached hydrogens (tertiary/aromatic N) is 2. The van der Waals surface area contributed by atoms with E-state index < -0.39 is 17.0 Å². The fourth-order valence-electron chi connectivity index (χ4n) is 3.49. The topological polar surface area (TPSA) is 160 Å². The first-order valence-corrected chi connectivity index (χ1v) is 11.4. The van der Waals surface area contributed by atoms with Gasteiger partial charge in [-0.25, -0.2) is 19.9 Å². The van der Waals surface area contributed by atoms with E-state index in [0.29, 0.717) is 30.1 Å². The van der Waals surface area contributed by atoms with Crippen molar-refractivity contribution in [3.05, 3.63) is 57.1 Å². The highest BCUT2D eigenvalue weighted by atomic mass is 16.7. The zero-order valence-electron chi connectivity index (χ0n) is 21.6. The van der Waals surface area contributed by atoms with E-state index in [1.165, 1.54) is 7.11 Å². The maximum atomic E-state index is 12.4. The van der Waals surface area contributed by atoms with Crippen molar-refractivity contribution in [3.8, 4) is 17.2 Å². The van der Waals surface area contributed by atoms with Gasteiger partial charge in [0.25, 0.3) is 5.96 Å². The summed E-state index contributed by atoms with van der Waals surface area (Å²) in [5, 5.41) is 12.8. The molecule has 0 aliphatic carbocycles. The van der Waals surface area contributed by atoms with Gasteiger partial charge in [0, 0.05) is 12.2 Å². The maximum absolute atomic E-state index is 12.4. The molecule has 0 saturated carbocycles. The van der Waals surface area contributed by atoms with Crippen molar-refractivity contribution in [2.45, 2.75) is 25.8 Å². The van der Waals surface area contributed by atoms with Crippen LogP contribution in [0.1, 0.15) is 29.5 Å². The smallest absolute Gasteiger partial charge is 0.328 e. The molecule has 0 saturated heterocycles. The van der Waals surface area contributed by atoms with Crippen molar-refractivity contribution in [1.82, 2.24) is 5.43 Å². The Morgan fingerprint density at radius 2 is 1.73 bits per heavy atom. The van der Waals surface area contributed by atoms with Gasteiger partial charge in [0.2, 0.25) is 5.75 Å². The van der Waals surface area contributed by atoms with E-state index in [9.17, 15) is 14.9 Å². The number of carbonyl (C=O) groups is 1. The number of anilines is 1. The van der Waals surface area contributed by atoms with Crippen molar-refractivity contribution in [2.75, 3.05) is 40.3 Å². The summed E-state index contributed by atoms with van der Waals surface area (Å²) in [6.07, 6.45) is 4.68. The van der Waals surface area contributed by atoms with Crippen molar-refractivity contribution in [3.63, 3.8) is 0 Å². The van der Waals surface area contributed by atoms with E-state index >= 15 is 0 Å². The van der Waals surface area contributed by atoms with Crippen molar-refractivity contribution < 1.29 is 28.8 Å². The molecule has 0 amide bonds. The molecule has 200 valence electrons. The van der Waals surface area contributed by atoms with Crippen LogP contribution < -0.4 is 30.7 Å². The second-order valence-electron chi connectivity index (χ2n) is 7.86. The molecule has 1 atom stereocenters. The molecule has 0 radical (unpaired) electrons. The third-order valence-corrected chi connectivity index (χ3v) is 5.37. The minimum atomic E-state index is -0.788. The molecule has 2 aromatic carbocycles. The lowest BCUT2D eigenvalue weighted by Gasteiger charge is -2.19. The van der Waals surface area contributed by atoms with E-state index in [4.69, 9.17) is 24.7 Å². The molecule has 12 heteroatoms. The van der Waals surface area contributed by atoms with Gasteiger partial charge >= 0.3 is 5.97 Å². The van der Waals surface area contributed by atoms with E-state index in [0.717, 1.165) is 22.4 Å². The number of nitrogens with two attached hydrogens (primary N) is 1. The largest absolute Gasteiger partial charge is 0.493 e. The van der Waals surface area contributed by atoms with Crippen LogP contribution in [0.3, 0.4) is 0 Å². The summed E-state index contributed by atoms with van der Waals surface area (Å²) in [5.41, 5.74) is 10.6. The molecule has 0 heterocycles. The van der Waals surface area contributed by atoms with Crippen molar-refractivity contribution in [1.29, 1.82) is 0 Å². The standard InChI is InChI=1S/C25H33N5O7/c1-16-8-9-17(10-11-18-14-21(34-2)23(36-4)22(15-18)35-3)13-20(16)28-19(24(31)37-5)7-6-12-27-25(26)29-30(32)33/h8-11,13-15,19,28H,6-7,12H2,1-5H3,(H3,26,27,29). The van der Waals surface area contributed by atoms with E-state index in [2.05, 4.69) is 10.3 Å². The summed E-state index contributed by atoms with van der Waals surface area (Å²) < 4.78 is 21.1. The number of methoxy groups -OCH3 is 4. The summed E-state index contributed by atoms with van der Waals surface area (Å²) in [6.45, 7) is 2.13. The van der Waals surface area contributed by atoms with Crippen LogP contribution in [0, 0.1) is 17.0 Å². The number of nitrogens with one attached hydrogen (secondary N) is 2. The second-order valence-corrected chi connectivity index (χ2v) is 7.86. The monoisotopic (exact) mass is 515 g/mol. The number of hydrogen-bond donors (Lipinski definition) is 3. The molecule has 2 aromatic rings. The van der Waals surface area contributed by atoms with Crippen LogP contribution in [0.5, 0.6) is 17.2 Å². The minimum Gasteiger partial charge on any atom is -0.493 e. The molecular formula is C25H33N5O7. The van der Waals surface area contributed by atoms with Crippen molar-refractivity contribution >= 4 is 29.8 Å². The lowest BCUT2D eigenvalue weighted by molar-refractivity contribution is -0.525. The fraction of sp³-hybridized carbons (Fsp3) is 0.360. The number of guanidine groups is 1. The third-order valence-electron chi connectivity index (χ3n) is 5.37. The van der Waals surface area contributed by atoms with Gasteiger partial charge in [-0.2, -0.15) is 0 Å². The summed E-state index contributed by atoms with van der Waals surface area (Å²) in [4.78, 5) is 26.6. The molecule has 0 aliphatic heterocycles. The average molecular weight is 516 g/mol. The molecule has 0 aliphatic rings. The van der Waals surface area contributed by atoms with E-state index in [-0.39, 0.29) is 12.5 Å². The van der Waals surface area contributed by atoms with Gasteiger partial charge in [-0.3, -0.25) is 0 Å². The summed E-state index contributed by atoms with van der Waals surface area (Å²) >= 11 is 0. The first kappa shape index (κ1) is 28.8. The number of ether oxygens (including phenoxy) is 4. The first-order chi connectivity index (χ1) is 17.7. The number of rotatable bonds is 13. The predicted molar refractivity (Wildman–Crippen MR) is 141 cm³/mol. The normalized spacial score (nSPS) is 12.1. The Morgan fingerprint density at radius 3 is 2.30 bits per heavy atom. The fourth-order valence-corrected chi connectivity index (χ4v) is 3.49. The highest BCUT2D eigenvalue weighted by Crippen LogP contribution is 2.38. The lowest BCUT2D eigenvalue weighted by Crippen LogP contribution is -2.36. The van der Waals surface area contributed by atoms with Gasteiger partial charge in [-0.15, -0.1) is 0 Å². The predicted octanol–water partition coefficient (Wildman–Crippen LogP) is 3.02. The molecule has 0 fully saturated rings. The number of hydrogen-bond acceptors (Lipinski definition) is 9. The number of carbonyl (C=O) groups excluding carboxylic acids is 1. The van der Waals surface area contributed by atoms with Crippen LogP contribution >= 0.6 is 0 Å². The minimum absolute atomic E-state index is 0.207. The van der Waals surface area contributed by atoms with Crippen LogP contribution in [0.15, 0.2) is 35.3 Å². The molecule has 4 N–H and O–H groups in total. The summed E-state index contributed by atoms with van der Waals surface area (Å²) in [6, 6.07) is 8.88. The molecule has 0 spiro atoms. The lowest BCUT2D eigenvalue weighted by atomic mass is 10.1. The average Bonchev–Trinajstić information content (AvgIpc) is 2.88. The molecular weight excluding hydrogens is 482 g/mol. The Balaban J connectivity index is 2.18. The number of aryl methyl sites for hydroxylation is 1. The number of aliphatic imine (C=N–C) groups is 1. The Bertz CT molecular complexity index is 1130. The zero-order chi connectivity index (χ0) is 27.4. The van der Waals surface area contributed by atoms with Gasteiger partial charge in [0.05, 0.1) is 28.4 Å². The highest BCUT2D eigenvalue weighted by Gasteiger charge is 2.19. The van der Waals surface area contributed by atoms with Crippen LogP contribution in [0.25, 0.3) is 12.2 Å². The molecule has 12 nitrogen and oxygen atoms in total. The van der Waals surface area contributed by atoms with Crippen LogP contribution in [0.2, 0.25) is 0 Å². The number of esters is 1. The van der Waals surface area contributed by atoms with Crippen LogP contribution in [-0.4, -0.2) is 58.0 Å². The maximum Gasteiger partial charge on any atom is 0.328 e. The van der Waals surface area contributed by atoms with Gasteiger partial charge in [-0.1, -0.05) is 29.7 Å². The summed E-state index contributed by atoms with van der Waals surface area (Å²) in [7, 11) is 5.99. The van der Waals surface area contributed by atoms with E-state index in [1.54, 1.807) is 26.8 Å². The number of benzene rings is 2. The van der Waals surface area contributed by atoms with Crippen LogP contribution in [-0.2, 0) is 9.53 Å². The number of nitro groups is 1. The molecule has 1 unspecified atom stereocenters. The van der Waals surface area contributed by atoms with Gasteiger partial charge < -0.3 is 30.0 Å². The van der Waals surface area contributed by atoms with Gasteiger partial charge in [0.15, 0.2) is 16.5 Å². The number of hydrazine groups is 1. The Kier molecular flexibility index (Phi) is 11.0. The first-order valence-electron chi connectivity index (χ1n) is 11.4. The Morgan fingerprint density at radius 1 is 1.08 bits per heavy atom. The quantitative estimate of drug-likeness (QED) is 0.0688. The van der Waals surface area contributed by atoms with Gasteiger partial charge in [0.1, 0.15) is 6.04 Å². The zero-order valence-corrected chi connectivity index (χ0v) is 21.6. The SMILES string of the molecule is COC(=O)C(CCCN=C(N)N[N+](=O)[O-])Nc1cc(C=Cc2cc(OC)c(OC)c(OC)c2)ccc1C. The van der Waals surface area contributed by atoms with E-state index in [1.807, 2.05) is 49.4 Å². The van der Waals surface area contributed by atoms with Crippen molar-refractivity contribution in [2.24, 2.45) is 10.7 Å². The Labute approximate surface area is 215 Å². The third kappa shape index (κ3) is 8.60. The second kappa shape index (κ2) is 14.2. The molecule has 2 rings (SSSR count). The highest BCUT2D eigenvalue weighted by molar-refractivity contribution is 5.80. The molecule has 0 aromatic heterocycles. The summed E-state index contributed by atoms with van der Waals surface area (Å²) in [5.74, 6) is 0.885. The molecule has 37 heavy (non-hydrogen) atoms.